The summed E-state index contributed by atoms with van der Waals surface area (Å²) >= 11 is 5.60. The van der Waals surface area contributed by atoms with Gasteiger partial charge in [0.15, 0.2) is 0 Å². The SMILES string of the molecule is Fc1ccc(F)c(COc2ccc(Cl)nc2)c1. The Kier molecular flexibility index (Phi) is 3.54. The highest BCUT2D eigenvalue weighted by molar-refractivity contribution is 6.29. The third kappa shape index (κ3) is 3.14. The molecule has 0 radical (unpaired) electrons. The molecule has 1 heterocycles. The number of rotatable bonds is 3. The molecule has 0 aliphatic carbocycles. The maximum absolute atomic E-state index is 13.3. The van der Waals surface area contributed by atoms with Gasteiger partial charge in [0, 0.05) is 5.56 Å². The first-order valence-electron chi connectivity index (χ1n) is 4.83. The van der Waals surface area contributed by atoms with Gasteiger partial charge in [0.25, 0.3) is 0 Å². The molecule has 0 aliphatic rings. The number of ether oxygens (including phenoxy) is 1. The average Bonchev–Trinajstić information content (AvgIpc) is 2.32. The molecule has 1 aromatic heterocycles. The second-order valence-corrected chi connectivity index (χ2v) is 3.73. The van der Waals surface area contributed by atoms with Crippen LogP contribution in [-0.4, -0.2) is 4.98 Å². The Morgan fingerprint density at radius 3 is 2.71 bits per heavy atom. The first kappa shape index (κ1) is 11.8. The predicted octanol–water partition coefficient (Wildman–Crippen LogP) is 3.59. The largest absolute Gasteiger partial charge is 0.487 e. The van der Waals surface area contributed by atoms with E-state index in [0.29, 0.717) is 10.9 Å². The number of halogens is 3. The maximum Gasteiger partial charge on any atom is 0.138 e. The Hall–Kier alpha value is -1.68. The maximum atomic E-state index is 13.3. The van der Waals surface area contributed by atoms with Gasteiger partial charge in [-0.05, 0) is 30.3 Å². The zero-order valence-electron chi connectivity index (χ0n) is 8.66. The van der Waals surface area contributed by atoms with Crippen LogP contribution in [0.5, 0.6) is 5.75 Å². The smallest absolute Gasteiger partial charge is 0.138 e. The van der Waals surface area contributed by atoms with Crippen LogP contribution in [0.1, 0.15) is 5.56 Å². The minimum atomic E-state index is -0.506. The van der Waals surface area contributed by atoms with E-state index in [1.165, 1.54) is 6.20 Å². The summed E-state index contributed by atoms with van der Waals surface area (Å²) in [6, 6.07) is 6.38. The molecule has 2 rings (SSSR count). The Balaban J connectivity index is 2.07. The van der Waals surface area contributed by atoms with Gasteiger partial charge < -0.3 is 4.74 Å². The fourth-order valence-corrected chi connectivity index (χ4v) is 1.37. The number of benzene rings is 1. The van der Waals surface area contributed by atoms with Gasteiger partial charge in [-0.3, -0.25) is 0 Å². The molecule has 0 unspecified atom stereocenters. The molecule has 0 spiro atoms. The van der Waals surface area contributed by atoms with E-state index in [2.05, 4.69) is 4.98 Å². The van der Waals surface area contributed by atoms with Gasteiger partial charge >= 0.3 is 0 Å². The molecular formula is C12H8ClF2NO. The van der Waals surface area contributed by atoms with Crippen LogP contribution in [0, 0.1) is 11.6 Å². The van der Waals surface area contributed by atoms with Crippen molar-refractivity contribution in [2.45, 2.75) is 6.61 Å². The minimum Gasteiger partial charge on any atom is -0.487 e. The number of pyridine rings is 1. The number of hydrogen-bond donors (Lipinski definition) is 0. The molecular weight excluding hydrogens is 248 g/mol. The van der Waals surface area contributed by atoms with E-state index in [4.69, 9.17) is 16.3 Å². The third-order valence-corrected chi connectivity index (χ3v) is 2.33. The molecule has 0 fully saturated rings. The molecule has 2 aromatic rings. The van der Waals surface area contributed by atoms with E-state index >= 15 is 0 Å². The summed E-state index contributed by atoms with van der Waals surface area (Å²) < 4.78 is 31.4. The molecule has 2 nitrogen and oxygen atoms in total. The van der Waals surface area contributed by atoms with E-state index in [1.807, 2.05) is 0 Å². The number of aromatic nitrogens is 1. The van der Waals surface area contributed by atoms with E-state index < -0.39 is 11.6 Å². The molecule has 0 amide bonds. The highest BCUT2D eigenvalue weighted by atomic mass is 35.5. The van der Waals surface area contributed by atoms with Crippen molar-refractivity contribution in [3.05, 3.63) is 58.9 Å². The van der Waals surface area contributed by atoms with E-state index in [-0.39, 0.29) is 12.2 Å². The van der Waals surface area contributed by atoms with Crippen molar-refractivity contribution in [3.63, 3.8) is 0 Å². The third-order valence-electron chi connectivity index (χ3n) is 2.10. The van der Waals surface area contributed by atoms with E-state index in [0.717, 1.165) is 18.2 Å². The lowest BCUT2D eigenvalue weighted by Gasteiger charge is -2.06. The average molecular weight is 256 g/mol. The Bertz CT molecular complexity index is 516. The molecule has 0 saturated carbocycles. The quantitative estimate of drug-likeness (QED) is 0.782. The normalized spacial score (nSPS) is 10.3. The minimum absolute atomic E-state index is 0.0626. The van der Waals surface area contributed by atoms with Gasteiger partial charge in [0.1, 0.15) is 29.1 Å². The highest BCUT2D eigenvalue weighted by Gasteiger charge is 2.04. The molecule has 1 aromatic carbocycles. The fourth-order valence-electron chi connectivity index (χ4n) is 1.26. The summed E-state index contributed by atoms with van der Waals surface area (Å²) in [5, 5.41) is 0.342. The lowest BCUT2D eigenvalue weighted by atomic mass is 10.2. The van der Waals surface area contributed by atoms with Crippen LogP contribution in [0.3, 0.4) is 0 Å². The van der Waals surface area contributed by atoms with Crippen LogP contribution in [-0.2, 0) is 6.61 Å². The summed E-state index contributed by atoms with van der Waals surface area (Å²) in [6.45, 7) is -0.0626. The molecule has 0 aliphatic heterocycles. The van der Waals surface area contributed by atoms with Crippen molar-refractivity contribution in [2.24, 2.45) is 0 Å². The number of hydrogen-bond acceptors (Lipinski definition) is 2. The first-order chi connectivity index (χ1) is 8.15. The summed E-state index contributed by atoms with van der Waals surface area (Å²) in [4.78, 5) is 3.80. The zero-order valence-corrected chi connectivity index (χ0v) is 9.42. The molecule has 0 bridgehead atoms. The second kappa shape index (κ2) is 5.10. The molecule has 0 atom stereocenters. The fraction of sp³-hybridized carbons (Fsp3) is 0.0833. The monoisotopic (exact) mass is 255 g/mol. The van der Waals surface area contributed by atoms with Crippen LogP contribution in [0.25, 0.3) is 0 Å². The van der Waals surface area contributed by atoms with Crippen LogP contribution in [0.15, 0.2) is 36.5 Å². The lowest BCUT2D eigenvalue weighted by molar-refractivity contribution is 0.298. The van der Waals surface area contributed by atoms with Gasteiger partial charge in [-0.2, -0.15) is 0 Å². The molecule has 0 N–H and O–H groups in total. The van der Waals surface area contributed by atoms with Gasteiger partial charge in [-0.15, -0.1) is 0 Å². The van der Waals surface area contributed by atoms with Crippen LogP contribution >= 0.6 is 11.6 Å². The van der Waals surface area contributed by atoms with Gasteiger partial charge in [0.05, 0.1) is 6.20 Å². The van der Waals surface area contributed by atoms with Gasteiger partial charge in [0.2, 0.25) is 0 Å². The summed E-state index contributed by atoms with van der Waals surface area (Å²) in [5.74, 6) is -0.564. The van der Waals surface area contributed by atoms with E-state index in [9.17, 15) is 8.78 Å². The van der Waals surface area contributed by atoms with Crippen molar-refractivity contribution < 1.29 is 13.5 Å². The lowest BCUT2D eigenvalue weighted by Crippen LogP contribution is -1.99. The van der Waals surface area contributed by atoms with Crippen molar-refractivity contribution in [1.29, 1.82) is 0 Å². The Morgan fingerprint density at radius 1 is 1.18 bits per heavy atom. The van der Waals surface area contributed by atoms with Crippen LogP contribution in [0.2, 0.25) is 5.15 Å². The molecule has 17 heavy (non-hydrogen) atoms. The van der Waals surface area contributed by atoms with Crippen LogP contribution in [0.4, 0.5) is 8.78 Å². The molecule has 5 heteroatoms. The van der Waals surface area contributed by atoms with Gasteiger partial charge in [-0.25, -0.2) is 13.8 Å². The highest BCUT2D eigenvalue weighted by Crippen LogP contribution is 2.16. The van der Waals surface area contributed by atoms with Crippen molar-refractivity contribution in [1.82, 2.24) is 4.98 Å². The van der Waals surface area contributed by atoms with Gasteiger partial charge in [-0.1, -0.05) is 11.6 Å². The standard InChI is InChI=1S/C12H8ClF2NO/c13-12-4-2-10(6-16-12)17-7-8-5-9(14)1-3-11(8)15/h1-6H,7H2. The predicted molar refractivity (Wildman–Crippen MR) is 59.9 cm³/mol. The van der Waals surface area contributed by atoms with E-state index in [1.54, 1.807) is 12.1 Å². The Morgan fingerprint density at radius 2 is 2.00 bits per heavy atom. The summed E-state index contributed by atoms with van der Waals surface area (Å²) in [5.41, 5.74) is 0.153. The topological polar surface area (TPSA) is 22.1 Å². The first-order valence-corrected chi connectivity index (χ1v) is 5.21. The van der Waals surface area contributed by atoms with Crippen LogP contribution < -0.4 is 4.74 Å². The molecule has 0 saturated heterocycles. The van der Waals surface area contributed by atoms with Crippen molar-refractivity contribution >= 4 is 11.6 Å². The molecule has 88 valence electrons. The zero-order chi connectivity index (χ0) is 12.3. The van der Waals surface area contributed by atoms with Crippen molar-refractivity contribution in [2.75, 3.05) is 0 Å². The Labute approximate surface area is 102 Å². The second-order valence-electron chi connectivity index (χ2n) is 3.34. The number of nitrogens with zero attached hydrogens (tertiary/aromatic N) is 1. The summed E-state index contributed by atoms with van der Waals surface area (Å²) in [7, 11) is 0. The van der Waals surface area contributed by atoms with Crippen molar-refractivity contribution in [3.8, 4) is 5.75 Å². The summed E-state index contributed by atoms with van der Waals surface area (Å²) in [6.07, 6.45) is 1.42.